The van der Waals surface area contributed by atoms with Gasteiger partial charge >= 0.3 is 0 Å². The van der Waals surface area contributed by atoms with E-state index >= 15 is 0 Å². The zero-order valence-corrected chi connectivity index (χ0v) is 14.3. The first-order valence-corrected chi connectivity index (χ1v) is 8.74. The quantitative estimate of drug-likeness (QED) is 0.563. The molecule has 2 aromatic heterocycles. The summed E-state index contributed by atoms with van der Waals surface area (Å²) in [6, 6.07) is 10.6. The van der Waals surface area contributed by atoms with Crippen molar-refractivity contribution in [3.8, 4) is 10.4 Å². The van der Waals surface area contributed by atoms with Gasteiger partial charge in [-0.3, -0.25) is 5.43 Å². The second-order valence-corrected chi connectivity index (χ2v) is 6.86. The fourth-order valence-corrected chi connectivity index (χ4v) is 3.95. The van der Waals surface area contributed by atoms with Crippen molar-refractivity contribution in [1.82, 2.24) is 9.97 Å². The third-order valence-electron chi connectivity index (χ3n) is 4.13. The van der Waals surface area contributed by atoms with E-state index < -0.39 is 0 Å². The van der Waals surface area contributed by atoms with E-state index in [1.807, 2.05) is 0 Å². The number of nitrogens with zero attached hydrogens (tertiary/aromatic N) is 3. The van der Waals surface area contributed by atoms with Crippen LogP contribution in [0.15, 0.2) is 30.3 Å². The van der Waals surface area contributed by atoms with E-state index in [-0.39, 0.29) is 0 Å². The van der Waals surface area contributed by atoms with Gasteiger partial charge in [-0.05, 0) is 18.6 Å². The van der Waals surface area contributed by atoms with Crippen molar-refractivity contribution in [1.29, 1.82) is 0 Å². The van der Waals surface area contributed by atoms with Crippen LogP contribution < -0.4 is 16.2 Å². The molecule has 3 aromatic rings. The van der Waals surface area contributed by atoms with Crippen LogP contribution in [0.2, 0.25) is 0 Å². The minimum absolute atomic E-state index is 0.442. The Balaban J connectivity index is 1.83. The molecule has 0 saturated carbocycles. The van der Waals surface area contributed by atoms with Gasteiger partial charge in [0.2, 0.25) is 5.95 Å². The summed E-state index contributed by atoms with van der Waals surface area (Å²) < 4.78 is 6.54. The fourth-order valence-electron chi connectivity index (χ4n) is 2.83. The Hall–Kier alpha value is -2.22. The van der Waals surface area contributed by atoms with E-state index in [1.54, 1.807) is 11.3 Å². The summed E-state index contributed by atoms with van der Waals surface area (Å²) in [7, 11) is 0. The van der Waals surface area contributed by atoms with Crippen LogP contribution in [0.25, 0.3) is 20.7 Å². The van der Waals surface area contributed by atoms with E-state index in [0.717, 1.165) is 29.1 Å². The molecular formula is C17H19N5OS. The highest BCUT2D eigenvalue weighted by Gasteiger charge is 2.19. The normalized spacial score (nSPS) is 15.0. The highest BCUT2D eigenvalue weighted by molar-refractivity contribution is 7.22. The minimum Gasteiger partial charge on any atom is -0.378 e. The average molecular weight is 341 g/mol. The van der Waals surface area contributed by atoms with Gasteiger partial charge < -0.3 is 9.64 Å². The molecule has 1 aliphatic rings. The molecule has 7 heteroatoms. The first-order chi connectivity index (χ1) is 11.7. The van der Waals surface area contributed by atoms with Crippen molar-refractivity contribution in [3.05, 3.63) is 35.9 Å². The van der Waals surface area contributed by atoms with E-state index in [9.17, 15) is 0 Å². The number of hydrogen-bond acceptors (Lipinski definition) is 7. The molecule has 3 heterocycles. The molecular weight excluding hydrogens is 322 g/mol. The van der Waals surface area contributed by atoms with Crippen molar-refractivity contribution in [2.75, 3.05) is 36.6 Å². The zero-order valence-electron chi connectivity index (χ0n) is 13.5. The van der Waals surface area contributed by atoms with Crippen LogP contribution in [0.3, 0.4) is 0 Å². The molecule has 3 N–H and O–H groups in total. The number of rotatable bonds is 3. The number of aromatic nitrogens is 2. The van der Waals surface area contributed by atoms with Crippen LogP contribution in [0.4, 0.5) is 11.8 Å². The Morgan fingerprint density at radius 1 is 1.17 bits per heavy atom. The zero-order chi connectivity index (χ0) is 16.5. The van der Waals surface area contributed by atoms with Gasteiger partial charge in [-0.15, -0.1) is 11.3 Å². The molecule has 6 nitrogen and oxygen atoms in total. The summed E-state index contributed by atoms with van der Waals surface area (Å²) in [4.78, 5) is 12.5. The summed E-state index contributed by atoms with van der Waals surface area (Å²) in [5, 5.41) is 0. The molecule has 24 heavy (non-hydrogen) atoms. The number of hydrogen-bond donors (Lipinski definition) is 2. The summed E-state index contributed by atoms with van der Waals surface area (Å²) in [5.41, 5.74) is 5.94. The number of nitrogen functional groups attached to an aromatic ring is 1. The lowest BCUT2D eigenvalue weighted by molar-refractivity contribution is 0.122. The summed E-state index contributed by atoms with van der Waals surface area (Å²) >= 11 is 1.72. The van der Waals surface area contributed by atoms with Gasteiger partial charge in [-0.2, -0.15) is 4.98 Å². The number of nitrogens with two attached hydrogens (primary N) is 1. The highest BCUT2D eigenvalue weighted by Crippen LogP contribution is 2.38. The molecule has 1 fully saturated rings. The number of thiophene rings is 1. The number of anilines is 2. The number of hydrazine groups is 1. The first-order valence-electron chi connectivity index (χ1n) is 7.92. The largest absolute Gasteiger partial charge is 0.378 e. The predicted octanol–water partition coefficient (Wildman–Crippen LogP) is 2.79. The van der Waals surface area contributed by atoms with Crippen molar-refractivity contribution in [2.24, 2.45) is 5.84 Å². The Labute approximate surface area is 144 Å². The van der Waals surface area contributed by atoms with Gasteiger partial charge in [0.05, 0.1) is 23.4 Å². The van der Waals surface area contributed by atoms with Crippen LogP contribution in [0, 0.1) is 6.92 Å². The second kappa shape index (κ2) is 6.35. The first kappa shape index (κ1) is 15.3. The number of benzene rings is 1. The Kier molecular flexibility index (Phi) is 4.05. The Morgan fingerprint density at radius 2 is 1.92 bits per heavy atom. The van der Waals surface area contributed by atoms with Gasteiger partial charge in [-0.25, -0.2) is 10.8 Å². The van der Waals surface area contributed by atoms with Crippen molar-refractivity contribution in [2.45, 2.75) is 6.92 Å². The Bertz CT molecular complexity index is 855. The molecule has 1 aliphatic heterocycles. The molecule has 4 rings (SSSR count). The molecule has 0 spiro atoms. The maximum Gasteiger partial charge on any atom is 0.239 e. The van der Waals surface area contributed by atoms with Gasteiger partial charge in [0.15, 0.2) is 5.82 Å². The van der Waals surface area contributed by atoms with Gasteiger partial charge in [0, 0.05) is 18.0 Å². The maximum atomic E-state index is 5.56. The van der Waals surface area contributed by atoms with E-state index in [2.05, 4.69) is 57.5 Å². The summed E-state index contributed by atoms with van der Waals surface area (Å²) in [5.74, 6) is 6.93. The number of ether oxygens (including phenoxy) is 1. The number of morpholine rings is 1. The highest BCUT2D eigenvalue weighted by atomic mass is 32.1. The fraction of sp³-hybridized carbons (Fsp3) is 0.294. The molecule has 1 aromatic carbocycles. The molecule has 0 amide bonds. The molecule has 0 unspecified atom stereocenters. The summed E-state index contributed by atoms with van der Waals surface area (Å²) in [6.07, 6.45) is 0. The number of fused-ring (bicyclic) bond motifs is 1. The molecule has 1 saturated heterocycles. The Morgan fingerprint density at radius 3 is 2.62 bits per heavy atom. The maximum absolute atomic E-state index is 5.56. The third kappa shape index (κ3) is 2.82. The lowest BCUT2D eigenvalue weighted by atomic mass is 10.1. The third-order valence-corrected chi connectivity index (χ3v) is 5.30. The van der Waals surface area contributed by atoms with Crippen molar-refractivity contribution < 1.29 is 4.74 Å². The monoisotopic (exact) mass is 341 g/mol. The average Bonchev–Trinajstić information content (AvgIpc) is 3.06. The lowest BCUT2D eigenvalue weighted by Gasteiger charge is -2.28. The molecule has 0 atom stereocenters. The van der Waals surface area contributed by atoms with Crippen LogP contribution in [0.5, 0.6) is 0 Å². The van der Waals surface area contributed by atoms with Gasteiger partial charge in [-0.1, -0.05) is 29.8 Å². The van der Waals surface area contributed by atoms with Crippen LogP contribution in [0.1, 0.15) is 5.56 Å². The molecule has 0 bridgehead atoms. The summed E-state index contributed by atoms with van der Waals surface area (Å²) in [6.45, 7) is 5.18. The lowest BCUT2D eigenvalue weighted by Crippen LogP contribution is -2.37. The number of aryl methyl sites for hydroxylation is 1. The van der Waals surface area contributed by atoms with Crippen molar-refractivity contribution >= 4 is 33.3 Å². The van der Waals surface area contributed by atoms with Crippen LogP contribution >= 0.6 is 11.3 Å². The molecule has 124 valence electrons. The smallest absolute Gasteiger partial charge is 0.239 e. The van der Waals surface area contributed by atoms with Gasteiger partial charge in [0.25, 0.3) is 0 Å². The second-order valence-electron chi connectivity index (χ2n) is 5.81. The predicted molar refractivity (Wildman–Crippen MR) is 98.4 cm³/mol. The molecule has 0 aliphatic carbocycles. The van der Waals surface area contributed by atoms with Crippen LogP contribution in [-0.4, -0.2) is 36.3 Å². The van der Waals surface area contributed by atoms with Crippen LogP contribution in [-0.2, 0) is 4.74 Å². The standard InChI is InChI=1S/C17H19N5OS/c1-11-2-4-12(5-3-11)14-10-13-15(24-14)16(20-17(19-13)21-18)22-6-8-23-9-7-22/h2-5,10H,6-9,18H2,1H3,(H,19,20,21). The molecule has 0 radical (unpaired) electrons. The van der Waals surface area contributed by atoms with E-state index in [4.69, 9.17) is 10.6 Å². The van der Waals surface area contributed by atoms with Crippen molar-refractivity contribution in [3.63, 3.8) is 0 Å². The topological polar surface area (TPSA) is 76.3 Å². The SMILES string of the molecule is Cc1ccc(-c2cc3nc(NN)nc(N4CCOCC4)c3s2)cc1. The van der Waals surface area contributed by atoms with E-state index in [1.165, 1.54) is 16.0 Å². The number of nitrogens with one attached hydrogen (secondary N) is 1. The van der Waals surface area contributed by atoms with E-state index in [0.29, 0.717) is 19.2 Å². The minimum atomic E-state index is 0.442. The van der Waals surface area contributed by atoms with Gasteiger partial charge in [0.1, 0.15) is 0 Å².